The first kappa shape index (κ1) is 13.7. The Morgan fingerprint density at radius 3 is 2.84 bits per heavy atom. The molecule has 0 atom stereocenters. The summed E-state index contributed by atoms with van der Waals surface area (Å²) in [7, 11) is 0. The van der Waals surface area contributed by atoms with Gasteiger partial charge in [0.05, 0.1) is 10.7 Å². The van der Waals surface area contributed by atoms with Gasteiger partial charge in [-0.25, -0.2) is 4.98 Å². The van der Waals surface area contributed by atoms with Gasteiger partial charge in [-0.15, -0.1) is 11.3 Å². The Balaban J connectivity index is 1.86. The van der Waals surface area contributed by atoms with Crippen molar-refractivity contribution in [2.45, 2.75) is 12.8 Å². The van der Waals surface area contributed by atoms with E-state index in [1.807, 2.05) is 35.7 Å². The van der Waals surface area contributed by atoms with Crippen LogP contribution in [0.15, 0.2) is 35.7 Å². The molecule has 0 unspecified atom stereocenters. The van der Waals surface area contributed by atoms with Crippen LogP contribution in [-0.2, 0) is 11.2 Å². The van der Waals surface area contributed by atoms with Crippen molar-refractivity contribution in [3.63, 3.8) is 0 Å². The molecule has 0 bridgehead atoms. The normalized spacial score (nSPS) is 10.4. The molecule has 1 aromatic carbocycles. The van der Waals surface area contributed by atoms with Crippen LogP contribution in [0, 0.1) is 0 Å². The molecule has 0 saturated carbocycles. The van der Waals surface area contributed by atoms with E-state index in [9.17, 15) is 4.79 Å². The van der Waals surface area contributed by atoms with E-state index in [1.165, 1.54) is 0 Å². The highest BCUT2D eigenvalue weighted by Gasteiger charge is 2.05. The zero-order chi connectivity index (χ0) is 13.5. The van der Waals surface area contributed by atoms with E-state index in [0.29, 0.717) is 19.5 Å². The van der Waals surface area contributed by atoms with E-state index in [4.69, 9.17) is 5.73 Å². The Bertz CT molecular complexity index is 524. The summed E-state index contributed by atoms with van der Waals surface area (Å²) in [5.74, 6) is 0.00217. The van der Waals surface area contributed by atoms with E-state index < -0.39 is 0 Å². The van der Waals surface area contributed by atoms with Gasteiger partial charge in [-0.05, 0) is 0 Å². The SMILES string of the molecule is NCCC(=O)NCCc1nc(-c2ccccc2)cs1. The molecule has 0 aliphatic carbocycles. The van der Waals surface area contributed by atoms with E-state index >= 15 is 0 Å². The smallest absolute Gasteiger partial charge is 0.221 e. The van der Waals surface area contributed by atoms with E-state index in [-0.39, 0.29) is 5.91 Å². The molecule has 1 aromatic heterocycles. The van der Waals surface area contributed by atoms with Gasteiger partial charge in [0.2, 0.25) is 5.91 Å². The third-order valence-electron chi connectivity index (χ3n) is 2.65. The summed E-state index contributed by atoms with van der Waals surface area (Å²) < 4.78 is 0. The lowest BCUT2D eigenvalue weighted by Crippen LogP contribution is -2.27. The zero-order valence-electron chi connectivity index (χ0n) is 10.6. The van der Waals surface area contributed by atoms with Crippen molar-refractivity contribution in [3.8, 4) is 11.3 Å². The number of amides is 1. The van der Waals surface area contributed by atoms with Crippen molar-refractivity contribution in [3.05, 3.63) is 40.7 Å². The number of carbonyl (C=O) groups excluding carboxylic acids is 1. The second-order valence-corrected chi connectivity index (χ2v) is 5.07. The predicted octanol–water partition coefficient (Wildman–Crippen LogP) is 1.82. The molecule has 0 saturated heterocycles. The molecule has 100 valence electrons. The van der Waals surface area contributed by atoms with Gasteiger partial charge in [0.25, 0.3) is 0 Å². The topological polar surface area (TPSA) is 68.0 Å². The maximum Gasteiger partial charge on any atom is 0.221 e. The summed E-state index contributed by atoms with van der Waals surface area (Å²) in [6.45, 7) is 1.00. The molecule has 5 heteroatoms. The van der Waals surface area contributed by atoms with E-state index in [2.05, 4.69) is 10.3 Å². The molecule has 0 aliphatic rings. The van der Waals surface area contributed by atoms with Crippen LogP contribution < -0.4 is 11.1 Å². The zero-order valence-corrected chi connectivity index (χ0v) is 11.5. The molecule has 0 spiro atoms. The molecule has 2 rings (SSSR count). The molecule has 2 aromatic rings. The number of benzene rings is 1. The van der Waals surface area contributed by atoms with Crippen molar-refractivity contribution < 1.29 is 4.79 Å². The molecule has 4 nitrogen and oxygen atoms in total. The van der Waals surface area contributed by atoms with Crippen molar-refractivity contribution in [1.29, 1.82) is 0 Å². The largest absolute Gasteiger partial charge is 0.356 e. The van der Waals surface area contributed by atoms with Crippen LogP contribution in [0.25, 0.3) is 11.3 Å². The fraction of sp³-hybridized carbons (Fsp3) is 0.286. The predicted molar refractivity (Wildman–Crippen MR) is 77.9 cm³/mol. The van der Waals surface area contributed by atoms with Crippen LogP contribution in [0.1, 0.15) is 11.4 Å². The molecule has 0 radical (unpaired) electrons. The number of nitrogens with zero attached hydrogens (tertiary/aromatic N) is 1. The fourth-order valence-electron chi connectivity index (χ4n) is 1.70. The average Bonchev–Trinajstić information content (AvgIpc) is 2.89. The summed E-state index contributed by atoms with van der Waals surface area (Å²) in [5, 5.41) is 5.91. The lowest BCUT2D eigenvalue weighted by Gasteiger charge is -2.01. The summed E-state index contributed by atoms with van der Waals surface area (Å²) in [4.78, 5) is 15.8. The summed E-state index contributed by atoms with van der Waals surface area (Å²) >= 11 is 1.62. The molecular weight excluding hydrogens is 258 g/mol. The van der Waals surface area contributed by atoms with Crippen molar-refractivity contribution in [2.75, 3.05) is 13.1 Å². The highest BCUT2D eigenvalue weighted by Crippen LogP contribution is 2.21. The van der Waals surface area contributed by atoms with Crippen molar-refractivity contribution in [2.24, 2.45) is 5.73 Å². The minimum Gasteiger partial charge on any atom is -0.356 e. The lowest BCUT2D eigenvalue weighted by atomic mass is 10.2. The minimum atomic E-state index is 0.00217. The highest BCUT2D eigenvalue weighted by atomic mass is 32.1. The first-order chi connectivity index (χ1) is 9.29. The van der Waals surface area contributed by atoms with Crippen LogP contribution in [0.4, 0.5) is 0 Å². The van der Waals surface area contributed by atoms with Gasteiger partial charge in [-0.1, -0.05) is 30.3 Å². The third kappa shape index (κ3) is 4.15. The molecule has 19 heavy (non-hydrogen) atoms. The van der Waals surface area contributed by atoms with Crippen LogP contribution in [0.5, 0.6) is 0 Å². The Hall–Kier alpha value is -1.72. The standard InChI is InChI=1S/C14H17N3OS/c15-8-6-13(18)16-9-7-14-17-12(10-19-14)11-4-2-1-3-5-11/h1-5,10H,6-9,15H2,(H,16,18). The Morgan fingerprint density at radius 2 is 2.11 bits per heavy atom. The molecule has 0 aliphatic heterocycles. The maximum atomic E-state index is 11.3. The van der Waals surface area contributed by atoms with Gasteiger partial charge in [-0.3, -0.25) is 4.79 Å². The van der Waals surface area contributed by atoms with Gasteiger partial charge in [0.1, 0.15) is 0 Å². The molecule has 1 amide bonds. The quantitative estimate of drug-likeness (QED) is 0.845. The van der Waals surface area contributed by atoms with Crippen LogP contribution >= 0.6 is 11.3 Å². The second kappa shape index (κ2) is 7.01. The maximum absolute atomic E-state index is 11.3. The van der Waals surface area contributed by atoms with Gasteiger partial charge in [0.15, 0.2) is 0 Å². The van der Waals surface area contributed by atoms with Crippen molar-refractivity contribution >= 4 is 17.2 Å². The second-order valence-electron chi connectivity index (χ2n) is 4.13. The van der Waals surface area contributed by atoms with Crippen molar-refractivity contribution in [1.82, 2.24) is 10.3 Å². The van der Waals surface area contributed by atoms with Gasteiger partial charge >= 0.3 is 0 Å². The number of thiazole rings is 1. The fourth-order valence-corrected chi connectivity index (χ4v) is 2.50. The van der Waals surface area contributed by atoms with Gasteiger partial charge in [0, 0.05) is 36.9 Å². The van der Waals surface area contributed by atoms with Crippen LogP contribution in [0.3, 0.4) is 0 Å². The molecule has 3 N–H and O–H groups in total. The monoisotopic (exact) mass is 275 g/mol. The minimum absolute atomic E-state index is 0.00217. The lowest BCUT2D eigenvalue weighted by molar-refractivity contribution is -0.120. The first-order valence-corrected chi connectivity index (χ1v) is 7.14. The van der Waals surface area contributed by atoms with Gasteiger partial charge < -0.3 is 11.1 Å². The van der Waals surface area contributed by atoms with E-state index in [0.717, 1.165) is 22.7 Å². The molecular formula is C14H17N3OS. The highest BCUT2D eigenvalue weighted by molar-refractivity contribution is 7.09. The number of nitrogens with one attached hydrogen (secondary N) is 1. The van der Waals surface area contributed by atoms with Gasteiger partial charge in [-0.2, -0.15) is 0 Å². The summed E-state index contributed by atoms with van der Waals surface area (Å²) in [6, 6.07) is 10.1. The Morgan fingerprint density at radius 1 is 1.32 bits per heavy atom. The summed E-state index contributed by atoms with van der Waals surface area (Å²) in [5.41, 5.74) is 7.43. The Kier molecular flexibility index (Phi) is 5.06. The first-order valence-electron chi connectivity index (χ1n) is 6.26. The third-order valence-corrected chi connectivity index (χ3v) is 3.56. The average molecular weight is 275 g/mol. The number of hydrogen-bond acceptors (Lipinski definition) is 4. The Labute approximate surface area is 116 Å². The number of hydrogen-bond donors (Lipinski definition) is 2. The number of nitrogens with two attached hydrogens (primary N) is 1. The number of aromatic nitrogens is 1. The molecule has 0 fully saturated rings. The molecule has 1 heterocycles. The number of rotatable bonds is 6. The van der Waals surface area contributed by atoms with Crippen LogP contribution in [-0.4, -0.2) is 24.0 Å². The summed E-state index contributed by atoms with van der Waals surface area (Å²) in [6.07, 6.45) is 1.14. The van der Waals surface area contributed by atoms with E-state index in [1.54, 1.807) is 11.3 Å². The van der Waals surface area contributed by atoms with Crippen LogP contribution in [0.2, 0.25) is 0 Å². The number of carbonyl (C=O) groups is 1.